The number of aliphatic hydroxyl groups excluding tert-OH is 2. The fraction of sp³-hybridized carbons (Fsp3) is 0.217. The van der Waals surface area contributed by atoms with Crippen LogP contribution in [-0.2, 0) is 4.74 Å². The maximum Gasteiger partial charge on any atom is 0.164 e. The lowest BCUT2D eigenvalue weighted by Gasteiger charge is -2.17. The van der Waals surface area contributed by atoms with Crippen molar-refractivity contribution in [2.75, 3.05) is 5.32 Å². The van der Waals surface area contributed by atoms with Crippen molar-refractivity contribution in [3.05, 3.63) is 72.1 Å². The molecule has 8 heteroatoms. The van der Waals surface area contributed by atoms with E-state index < -0.39 is 24.5 Å². The van der Waals surface area contributed by atoms with Crippen LogP contribution in [0.5, 0.6) is 0 Å². The summed E-state index contributed by atoms with van der Waals surface area (Å²) in [5, 5.41) is 25.5. The normalized spacial score (nSPS) is 23.4. The number of hydrogen-bond donors (Lipinski definition) is 3. The molecule has 3 heterocycles. The average Bonchev–Trinajstić information content (AvgIpc) is 3.28. The van der Waals surface area contributed by atoms with E-state index in [-0.39, 0.29) is 0 Å². The Labute approximate surface area is 183 Å². The first-order chi connectivity index (χ1) is 15.0. The molecule has 0 bridgehead atoms. The molecule has 1 saturated heterocycles. The minimum atomic E-state index is -1.08. The summed E-state index contributed by atoms with van der Waals surface area (Å²) in [7, 11) is 0. The smallest absolute Gasteiger partial charge is 0.164 e. The van der Waals surface area contributed by atoms with Gasteiger partial charge < -0.3 is 24.8 Å². The third-order valence-electron chi connectivity index (χ3n) is 5.53. The molecule has 1 aliphatic rings. The summed E-state index contributed by atoms with van der Waals surface area (Å²) in [5.74, 6) is 0.617. The Morgan fingerprint density at radius 1 is 1.03 bits per heavy atom. The Morgan fingerprint density at radius 2 is 1.84 bits per heavy atom. The minimum absolute atomic E-state index is 0.504. The molecule has 1 fully saturated rings. The van der Waals surface area contributed by atoms with Crippen molar-refractivity contribution in [1.29, 1.82) is 0 Å². The van der Waals surface area contributed by atoms with Crippen molar-refractivity contribution in [2.45, 2.75) is 31.5 Å². The van der Waals surface area contributed by atoms with Crippen LogP contribution < -0.4 is 5.32 Å². The Balaban J connectivity index is 1.72. The first kappa shape index (κ1) is 20.0. The highest BCUT2D eigenvalue weighted by Gasteiger charge is 2.42. The van der Waals surface area contributed by atoms with Gasteiger partial charge in [-0.1, -0.05) is 41.9 Å². The van der Waals surface area contributed by atoms with Crippen LogP contribution in [0, 0.1) is 0 Å². The van der Waals surface area contributed by atoms with E-state index in [1.165, 1.54) is 6.33 Å². The highest BCUT2D eigenvalue weighted by molar-refractivity contribution is 6.31. The molecular formula is C23H21ClN4O3. The lowest BCUT2D eigenvalue weighted by atomic mass is 10.1. The van der Waals surface area contributed by atoms with Gasteiger partial charge in [-0.2, -0.15) is 0 Å². The highest BCUT2D eigenvalue weighted by Crippen LogP contribution is 2.40. The van der Waals surface area contributed by atoms with Crippen molar-refractivity contribution in [3.8, 4) is 11.1 Å². The molecule has 0 amide bonds. The molecule has 1 aliphatic heterocycles. The largest absolute Gasteiger partial charge is 0.388 e. The number of para-hydroxylation sites is 1. The number of aliphatic hydroxyl groups is 2. The third kappa shape index (κ3) is 3.55. The number of halogens is 1. The number of hydrogen-bond acceptors (Lipinski definition) is 6. The monoisotopic (exact) mass is 436 g/mol. The molecule has 2 aromatic heterocycles. The Morgan fingerprint density at radius 3 is 2.55 bits per heavy atom. The minimum Gasteiger partial charge on any atom is -0.388 e. The van der Waals surface area contributed by atoms with E-state index in [9.17, 15) is 10.2 Å². The lowest BCUT2D eigenvalue weighted by Crippen LogP contribution is -2.30. The second-order valence-electron chi connectivity index (χ2n) is 7.59. The predicted molar refractivity (Wildman–Crippen MR) is 119 cm³/mol. The van der Waals surface area contributed by atoms with E-state index in [0.29, 0.717) is 16.5 Å². The van der Waals surface area contributed by atoms with Crippen LogP contribution >= 0.6 is 11.6 Å². The average molecular weight is 437 g/mol. The van der Waals surface area contributed by atoms with Gasteiger partial charge in [0.2, 0.25) is 0 Å². The quantitative estimate of drug-likeness (QED) is 0.445. The molecule has 2 aromatic carbocycles. The lowest BCUT2D eigenvalue weighted by molar-refractivity contribution is -0.0295. The molecule has 4 aromatic rings. The molecule has 5 rings (SSSR count). The number of ether oxygens (including phenoxy) is 1. The number of nitrogens with one attached hydrogen (secondary N) is 1. The van der Waals surface area contributed by atoms with E-state index in [0.717, 1.165) is 22.2 Å². The number of fused-ring (bicyclic) bond motifs is 1. The van der Waals surface area contributed by atoms with Crippen LogP contribution in [0.4, 0.5) is 11.5 Å². The zero-order chi connectivity index (χ0) is 21.5. The summed E-state index contributed by atoms with van der Waals surface area (Å²) >= 11 is 6.26. The first-order valence-electron chi connectivity index (χ1n) is 9.98. The van der Waals surface area contributed by atoms with Crippen molar-refractivity contribution < 1.29 is 14.9 Å². The topological polar surface area (TPSA) is 92.4 Å². The first-order valence-corrected chi connectivity index (χ1v) is 10.4. The van der Waals surface area contributed by atoms with Gasteiger partial charge in [0.05, 0.1) is 11.5 Å². The van der Waals surface area contributed by atoms with Gasteiger partial charge in [0.25, 0.3) is 0 Å². The van der Waals surface area contributed by atoms with Gasteiger partial charge >= 0.3 is 0 Å². The molecule has 31 heavy (non-hydrogen) atoms. The van der Waals surface area contributed by atoms with Gasteiger partial charge in [0.15, 0.2) is 6.23 Å². The molecule has 0 unspecified atom stereocenters. The van der Waals surface area contributed by atoms with Crippen molar-refractivity contribution in [1.82, 2.24) is 14.5 Å². The molecule has 0 spiro atoms. The number of anilines is 2. The standard InChI is InChI=1S/C23H21ClN4O3/c1-13-19(29)20(30)23(31-13)28-11-17(14-6-5-7-15(24)10-14)18-21(25-12-26-22(18)28)27-16-8-3-2-4-9-16/h2-13,19-20,23,29-30H,1H3,(H,25,26,27)/t13-,19-,20-,23-/m1/s1. The Hall–Kier alpha value is -2.97. The molecule has 0 aliphatic carbocycles. The second kappa shape index (κ2) is 7.94. The summed E-state index contributed by atoms with van der Waals surface area (Å²) in [5.41, 5.74) is 3.17. The molecule has 4 atom stereocenters. The predicted octanol–water partition coefficient (Wildman–Crippen LogP) is 4.13. The van der Waals surface area contributed by atoms with E-state index in [2.05, 4.69) is 15.3 Å². The highest BCUT2D eigenvalue weighted by atomic mass is 35.5. The fourth-order valence-electron chi connectivity index (χ4n) is 3.96. The number of aromatic nitrogens is 3. The third-order valence-corrected chi connectivity index (χ3v) is 5.77. The van der Waals surface area contributed by atoms with Gasteiger partial charge in [-0.05, 0) is 36.8 Å². The van der Waals surface area contributed by atoms with Crippen LogP contribution in [0.3, 0.4) is 0 Å². The molecule has 0 radical (unpaired) electrons. The molecule has 158 valence electrons. The van der Waals surface area contributed by atoms with Gasteiger partial charge in [-0.15, -0.1) is 0 Å². The maximum absolute atomic E-state index is 10.6. The van der Waals surface area contributed by atoms with Gasteiger partial charge in [0, 0.05) is 22.5 Å². The van der Waals surface area contributed by atoms with Crippen LogP contribution in [0.2, 0.25) is 5.02 Å². The number of rotatable bonds is 4. The van der Waals surface area contributed by atoms with Crippen LogP contribution in [0.15, 0.2) is 67.1 Å². The van der Waals surface area contributed by atoms with E-state index in [1.807, 2.05) is 60.8 Å². The van der Waals surface area contributed by atoms with E-state index >= 15 is 0 Å². The SMILES string of the molecule is C[C@H]1O[C@@H](n2cc(-c3cccc(Cl)c3)c3c(Nc4ccccc4)ncnc32)[C@H](O)[C@@H]1O. The van der Waals surface area contributed by atoms with Gasteiger partial charge in [-0.3, -0.25) is 0 Å². The molecular weight excluding hydrogens is 416 g/mol. The summed E-state index contributed by atoms with van der Waals surface area (Å²) in [6.45, 7) is 1.73. The number of nitrogens with zero attached hydrogens (tertiary/aromatic N) is 3. The van der Waals surface area contributed by atoms with Crippen LogP contribution in [0.25, 0.3) is 22.2 Å². The van der Waals surface area contributed by atoms with E-state index in [4.69, 9.17) is 16.3 Å². The summed E-state index contributed by atoms with van der Waals surface area (Å²) in [4.78, 5) is 8.97. The molecule has 3 N–H and O–H groups in total. The Bertz CT molecular complexity index is 1230. The van der Waals surface area contributed by atoms with Gasteiger partial charge in [-0.25, -0.2) is 9.97 Å². The summed E-state index contributed by atoms with van der Waals surface area (Å²) in [6.07, 6.45) is -0.0257. The number of benzene rings is 2. The zero-order valence-corrected chi connectivity index (χ0v) is 17.4. The summed E-state index contributed by atoms with van der Waals surface area (Å²) < 4.78 is 7.62. The van der Waals surface area contributed by atoms with Crippen molar-refractivity contribution in [2.24, 2.45) is 0 Å². The maximum atomic E-state index is 10.6. The molecule has 0 saturated carbocycles. The van der Waals surface area contributed by atoms with Crippen molar-refractivity contribution >= 4 is 34.1 Å². The fourth-order valence-corrected chi connectivity index (χ4v) is 4.15. The van der Waals surface area contributed by atoms with Gasteiger partial charge in [0.1, 0.15) is 30.0 Å². The zero-order valence-electron chi connectivity index (χ0n) is 16.7. The molecule has 7 nitrogen and oxygen atoms in total. The van der Waals surface area contributed by atoms with Crippen LogP contribution in [-0.4, -0.2) is 43.1 Å². The summed E-state index contributed by atoms with van der Waals surface area (Å²) in [6, 6.07) is 17.2. The Kier molecular flexibility index (Phi) is 5.11. The van der Waals surface area contributed by atoms with Crippen molar-refractivity contribution in [3.63, 3.8) is 0 Å². The second-order valence-corrected chi connectivity index (χ2v) is 8.02. The van der Waals surface area contributed by atoms with E-state index in [1.54, 1.807) is 11.5 Å². The van der Waals surface area contributed by atoms with Crippen LogP contribution in [0.1, 0.15) is 13.2 Å².